The lowest BCUT2D eigenvalue weighted by Crippen LogP contribution is -2.32. The van der Waals surface area contributed by atoms with Crippen molar-refractivity contribution < 1.29 is 4.79 Å². The third-order valence-corrected chi connectivity index (χ3v) is 4.40. The summed E-state index contributed by atoms with van der Waals surface area (Å²) in [6, 6.07) is 9.63. The monoisotopic (exact) mass is 298 g/mol. The summed E-state index contributed by atoms with van der Waals surface area (Å²) in [6.07, 6.45) is 5.56. The maximum Gasteiger partial charge on any atom is 0.251 e. The Morgan fingerprint density at radius 2 is 1.82 bits per heavy atom. The van der Waals surface area contributed by atoms with E-state index in [4.69, 9.17) is 0 Å². The number of para-hydroxylation sites is 1. The number of likely N-dealkylation sites (tertiary alicyclic amines) is 1. The van der Waals surface area contributed by atoms with Crippen LogP contribution < -0.4 is 5.56 Å². The number of rotatable bonds is 3. The number of benzene rings is 1. The standard InChI is InChI=1S/C18H22N2O2/c21-17(20-11-5-1-2-6-12-20)10-9-15-13-14-7-3-4-8-16(14)19-18(15)22/h3-4,7-8,13H,1-2,5-6,9-12H2,(H,19,22). The lowest BCUT2D eigenvalue weighted by Gasteiger charge is -2.20. The Bertz CT molecular complexity index is 712. The van der Waals surface area contributed by atoms with Gasteiger partial charge in [-0.25, -0.2) is 0 Å². The van der Waals surface area contributed by atoms with Gasteiger partial charge in [0.1, 0.15) is 0 Å². The van der Waals surface area contributed by atoms with Crippen LogP contribution in [0.5, 0.6) is 0 Å². The number of pyridine rings is 1. The Hall–Kier alpha value is -2.10. The quantitative estimate of drug-likeness (QED) is 0.947. The second-order valence-corrected chi connectivity index (χ2v) is 6.01. The van der Waals surface area contributed by atoms with Crippen molar-refractivity contribution in [2.75, 3.05) is 13.1 Å². The van der Waals surface area contributed by atoms with Crippen LogP contribution in [0.15, 0.2) is 35.1 Å². The van der Waals surface area contributed by atoms with E-state index in [1.165, 1.54) is 12.8 Å². The lowest BCUT2D eigenvalue weighted by atomic mass is 10.1. The van der Waals surface area contributed by atoms with E-state index >= 15 is 0 Å². The zero-order valence-corrected chi connectivity index (χ0v) is 12.8. The molecule has 0 saturated carbocycles. The molecule has 22 heavy (non-hydrogen) atoms. The van der Waals surface area contributed by atoms with Crippen LogP contribution in [0.4, 0.5) is 0 Å². The van der Waals surface area contributed by atoms with Crippen LogP contribution in [0.3, 0.4) is 0 Å². The Labute approximate surface area is 130 Å². The number of carbonyl (C=O) groups excluding carboxylic acids is 1. The predicted octanol–water partition coefficient (Wildman–Crippen LogP) is 2.86. The number of H-pyrrole nitrogens is 1. The Balaban J connectivity index is 1.69. The first-order valence-corrected chi connectivity index (χ1v) is 8.13. The molecule has 3 rings (SSSR count). The minimum Gasteiger partial charge on any atom is -0.343 e. The van der Waals surface area contributed by atoms with E-state index < -0.39 is 0 Å². The highest BCUT2D eigenvalue weighted by atomic mass is 16.2. The molecule has 4 nitrogen and oxygen atoms in total. The first-order valence-electron chi connectivity index (χ1n) is 8.13. The zero-order chi connectivity index (χ0) is 15.4. The largest absolute Gasteiger partial charge is 0.343 e. The highest BCUT2D eigenvalue weighted by Crippen LogP contribution is 2.13. The number of fused-ring (bicyclic) bond motifs is 1. The molecule has 0 atom stereocenters. The fourth-order valence-electron chi connectivity index (χ4n) is 3.10. The van der Waals surface area contributed by atoms with Crippen molar-refractivity contribution in [1.29, 1.82) is 0 Å². The van der Waals surface area contributed by atoms with Gasteiger partial charge in [-0.05, 0) is 36.8 Å². The highest BCUT2D eigenvalue weighted by molar-refractivity contribution is 5.79. The van der Waals surface area contributed by atoms with Crippen LogP contribution in [0.1, 0.15) is 37.7 Å². The average molecular weight is 298 g/mol. The van der Waals surface area contributed by atoms with E-state index in [1.807, 2.05) is 35.2 Å². The molecule has 4 heteroatoms. The second kappa shape index (κ2) is 6.77. The summed E-state index contributed by atoms with van der Waals surface area (Å²) in [6.45, 7) is 1.74. The third kappa shape index (κ3) is 3.38. The minimum atomic E-state index is -0.0811. The van der Waals surface area contributed by atoms with Gasteiger partial charge in [0.2, 0.25) is 5.91 Å². The fourth-order valence-corrected chi connectivity index (χ4v) is 3.10. The van der Waals surface area contributed by atoms with Crippen molar-refractivity contribution >= 4 is 16.8 Å². The fraction of sp³-hybridized carbons (Fsp3) is 0.444. The number of aromatic nitrogens is 1. The summed E-state index contributed by atoms with van der Waals surface area (Å²) in [5.74, 6) is 0.175. The molecule has 1 aromatic carbocycles. The zero-order valence-electron chi connectivity index (χ0n) is 12.8. The number of aryl methyl sites for hydroxylation is 1. The molecule has 0 spiro atoms. The lowest BCUT2D eigenvalue weighted by molar-refractivity contribution is -0.131. The smallest absolute Gasteiger partial charge is 0.251 e. The van der Waals surface area contributed by atoms with Crippen molar-refractivity contribution in [3.8, 4) is 0 Å². The first-order chi connectivity index (χ1) is 10.7. The van der Waals surface area contributed by atoms with E-state index in [1.54, 1.807) is 0 Å². The topological polar surface area (TPSA) is 53.2 Å². The van der Waals surface area contributed by atoms with E-state index in [9.17, 15) is 9.59 Å². The van der Waals surface area contributed by atoms with E-state index in [0.717, 1.165) is 36.8 Å². The number of hydrogen-bond acceptors (Lipinski definition) is 2. The van der Waals surface area contributed by atoms with Crippen molar-refractivity contribution in [3.05, 3.63) is 46.2 Å². The van der Waals surface area contributed by atoms with Crippen molar-refractivity contribution in [3.63, 3.8) is 0 Å². The van der Waals surface area contributed by atoms with Crippen LogP contribution >= 0.6 is 0 Å². The third-order valence-electron chi connectivity index (χ3n) is 4.40. The van der Waals surface area contributed by atoms with Crippen LogP contribution in [-0.2, 0) is 11.2 Å². The molecule has 0 aliphatic carbocycles. The molecular weight excluding hydrogens is 276 g/mol. The number of amides is 1. The van der Waals surface area contributed by atoms with Gasteiger partial charge < -0.3 is 9.88 Å². The van der Waals surface area contributed by atoms with Gasteiger partial charge in [-0.3, -0.25) is 9.59 Å². The van der Waals surface area contributed by atoms with E-state index in [2.05, 4.69) is 4.98 Å². The predicted molar refractivity (Wildman–Crippen MR) is 87.9 cm³/mol. The molecule has 2 aromatic rings. The van der Waals surface area contributed by atoms with Gasteiger partial charge in [0.25, 0.3) is 5.56 Å². The Morgan fingerprint density at radius 1 is 1.09 bits per heavy atom. The molecule has 0 radical (unpaired) electrons. The van der Waals surface area contributed by atoms with Crippen LogP contribution in [0, 0.1) is 0 Å². The van der Waals surface area contributed by atoms with Crippen molar-refractivity contribution in [2.24, 2.45) is 0 Å². The SMILES string of the molecule is O=C(CCc1cc2ccccc2[nH]c1=O)N1CCCCCC1. The van der Waals surface area contributed by atoms with Gasteiger partial charge >= 0.3 is 0 Å². The molecule has 1 fully saturated rings. The number of aromatic amines is 1. The number of nitrogens with one attached hydrogen (secondary N) is 1. The van der Waals surface area contributed by atoms with Crippen LogP contribution in [-0.4, -0.2) is 28.9 Å². The van der Waals surface area contributed by atoms with Gasteiger partial charge in [0, 0.05) is 30.6 Å². The van der Waals surface area contributed by atoms with Crippen LogP contribution in [0.25, 0.3) is 10.9 Å². The molecule has 1 aliphatic rings. The second-order valence-electron chi connectivity index (χ2n) is 6.01. The van der Waals surface area contributed by atoms with Gasteiger partial charge in [0.05, 0.1) is 0 Å². The van der Waals surface area contributed by atoms with Crippen LogP contribution in [0.2, 0.25) is 0 Å². The number of nitrogens with zero attached hydrogens (tertiary/aromatic N) is 1. The summed E-state index contributed by atoms with van der Waals surface area (Å²) in [5.41, 5.74) is 1.46. The molecule has 0 bridgehead atoms. The highest BCUT2D eigenvalue weighted by Gasteiger charge is 2.15. The molecule has 1 aliphatic heterocycles. The summed E-state index contributed by atoms with van der Waals surface area (Å²) in [4.78, 5) is 29.3. The summed E-state index contributed by atoms with van der Waals surface area (Å²) in [7, 11) is 0. The van der Waals surface area contributed by atoms with Gasteiger partial charge in [-0.15, -0.1) is 0 Å². The summed E-state index contributed by atoms with van der Waals surface area (Å²) < 4.78 is 0. The average Bonchev–Trinajstić information content (AvgIpc) is 2.82. The Morgan fingerprint density at radius 3 is 2.59 bits per heavy atom. The molecule has 1 saturated heterocycles. The molecule has 116 valence electrons. The molecule has 2 heterocycles. The maximum absolute atomic E-state index is 12.3. The van der Waals surface area contributed by atoms with E-state index in [-0.39, 0.29) is 11.5 Å². The van der Waals surface area contributed by atoms with Crippen molar-refractivity contribution in [1.82, 2.24) is 9.88 Å². The van der Waals surface area contributed by atoms with Gasteiger partial charge in [0.15, 0.2) is 0 Å². The van der Waals surface area contributed by atoms with Crippen molar-refractivity contribution in [2.45, 2.75) is 38.5 Å². The molecule has 0 unspecified atom stereocenters. The molecular formula is C18H22N2O2. The van der Waals surface area contributed by atoms with Gasteiger partial charge in [-0.2, -0.15) is 0 Å². The maximum atomic E-state index is 12.3. The Kier molecular flexibility index (Phi) is 4.56. The number of hydrogen-bond donors (Lipinski definition) is 1. The molecule has 1 aromatic heterocycles. The normalized spacial score (nSPS) is 15.7. The molecule has 1 amide bonds. The minimum absolute atomic E-state index is 0.0811. The first kappa shape index (κ1) is 14.8. The van der Waals surface area contributed by atoms with E-state index in [0.29, 0.717) is 18.4 Å². The summed E-state index contributed by atoms with van der Waals surface area (Å²) in [5, 5.41) is 1.01. The number of carbonyl (C=O) groups is 1. The molecule has 1 N–H and O–H groups in total. The van der Waals surface area contributed by atoms with Gasteiger partial charge in [-0.1, -0.05) is 31.0 Å². The summed E-state index contributed by atoms with van der Waals surface area (Å²) >= 11 is 0.